The number of rotatable bonds is 3. The molecule has 0 saturated carbocycles. The van der Waals surface area contributed by atoms with Crippen molar-refractivity contribution in [3.8, 4) is 6.07 Å². The third-order valence-corrected chi connectivity index (χ3v) is 7.14. The van der Waals surface area contributed by atoms with Gasteiger partial charge in [-0.3, -0.25) is 0 Å². The summed E-state index contributed by atoms with van der Waals surface area (Å²) in [7, 11) is -3.79. The summed E-state index contributed by atoms with van der Waals surface area (Å²) >= 11 is 0. The van der Waals surface area contributed by atoms with Gasteiger partial charge >= 0.3 is 0 Å². The van der Waals surface area contributed by atoms with Gasteiger partial charge in [0.05, 0.1) is 22.7 Å². The summed E-state index contributed by atoms with van der Waals surface area (Å²) in [6.45, 7) is 3.00. The van der Waals surface area contributed by atoms with E-state index in [-0.39, 0.29) is 22.4 Å². The van der Waals surface area contributed by atoms with Crippen LogP contribution in [-0.4, -0.2) is 49.2 Å². The molecular weight excluding hydrogens is 328 g/mol. The SMILES string of the molecule is C[C@]1(O)CCOC[C@H]1[C@H]1CCCN1S(=O)(=O)c1ccccc1C#N. The highest BCUT2D eigenvalue weighted by Gasteiger charge is 2.47. The lowest BCUT2D eigenvalue weighted by atomic mass is 9.80. The number of ether oxygens (including phenoxy) is 1. The molecule has 3 rings (SSSR count). The summed E-state index contributed by atoms with van der Waals surface area (Å²) in [5.41, 5.74) is -0.801. The summed E-state index contributed by atoms with van der Waals surface area (Å²) in [6, 6.07) is 7.91. The maximum Gasteiger partial charge on any atom is 0.244 e. The highest BCUT2D eigenvalue weighted by Crippen LogP contribution is 2.38. The molecule has 0 amide bonds. The molecule has 7 heteroatoms. The first-order valence-electron chi connectivity index (χ1n) is 8.19. The maximum absolute atomic E-state index is 13.1. The highest BCUT2D eigenvalue weighted by atomic mass is 32.2. The second kappa shape index (κ2) is 6.45. The number of nitriles is 1. The van der Waals surface area contributed by atoms with E-state index in [1.54, 1.807) is 19.1 Å². The molecule has 2 heterocycles. The summed E-state index contributed by atoms with van der Waals surface area (Å²) in [6.07, 6.45) is 1.93. The minimum Gasteiger partial charge on any atom is -0.390 e. The van der Waals surface area contributed by atoms with E-state index in [9.17, 15) is 18.8 Å². The van der Waals surface area contributed by atoms with E-state index in [1.807, 2.05) is 6.07 Å². The van der Waals surface area contributed by atoms with E-state index in [1.165, 1.54) is 16.4 Å². The van der Waals surface area contributed by atoms with Crippen LogP contribution < -0.4 is 0 Å². The number of sulfonamides is 1. The van der Waals surface area contributed by atoms with Gasteiger partial charge in [-0.05, 0) is 38.3 Å². The van der Waals surface area contributed by atoms with E-state index in [0.29, 0.717) is 32.6 Å². The lowest BCUT2D eigenvalue weighted by molar-refractivity contribution is -0.116. The van der Waals surface area contributed by atoms with E-state index in [2.05, 4.69) is 0 Å². The van der Waals surface area contributed by atoms with Crippen molar-refractivity contribution in [1.82, 2.24) is 4.31 Å². The molecule has 1 N–H and O–H groups in total. The first kappa shape index (κ1) is 17.4. The van der Waals surface area contributed by atoms with Crippen molar-refractivity contribution in [2.75, 3.05) is 19.8 Å². The number of hydrogen-bond acceptors (Lipinski definition) is 5. The van der Waals surface area contributed by atoms with Crippen molar-refractivity contribution >= 4 is 10.0 Å². The number of hydrogen-bond donors (Lipinski definition) is 1. The predicted molar refractivity (Wildman–Crippen MR) is 87.6 cm³/mol. The van der Waals surface area contributed by atoms with Crippen LogP contribution in [0.2, 0.25) is 0 Å². The molecule has 6 nitrogen and oxygen atoms in total. The fourth-order valence-corrected chi connectivity index (χ4v) is 5.63. The zero-order valence-electron chi connectivity index (χ0n) is 13.7. The van der Waals surface area contributed by atoms with E-state index in [0.717, 1.165) is 6.42 Å². The second-order valence-corrected chi connectivity index (χ2v) is 8.58. The molecule has 1 aromatic carbocycles. The standard InChI is InChI=1S/C17H22N2O4S/c1-17(20)8-10-23-12-14(17)15-6-4-9-19(15)24(21,22)16-7-3-2-5-13(16)11-18/h2-3,5,7,14-15,20H,4,6,8-10,12H2,1H3/t14-,15+,17-/m0/s1. The molecule has 2 saturated heterocycles. The van der Waals surface area contributed by atoms with Gasteiger partial charge in [-0.1, -0.05) is 12.1 Å². The molecule has 3 atom stereocenters. The molecule has 1 aromatic rings. The van der Waals surface area contributed by atoms with Crippen LogP contribution in [0.15, 0.2) is 29.2 Å². The third kappa shape index (κ3) is 2.95. The van der Waals surface area contributed by atoms with Gasteiger partial charge in [0, 0.05) is 25.1 Å². The Kier molecular flexibility index (Phi) is 4.67. The molecule has 0 aliphatic carbocycles. The molecule has 130 valence electrons. The van der Waals surface area contributed by atoms with Crippen LogP contribution in [0.5, 0.6) is 0 Å². The third-order valence-electron chi connectivity index (χ3n) is 5.16. The normalized spacial score (nSPS) is 31.7. The molecule has 0 radical (unpaired) electrons. The van der Waals surface area contributed by atoms with Gasteiger partial charge in [-0.2, -0.15) is 9.57 Å². The van der Waals surface area contributed by atoms with E-state index in [4.69, 9.17) is 4.74 Å². The van der Waals surface area contributed by atoms with Crippen molar-refractivity contribution in [1.29, 1.82) is 5.26 Å². The molecular formula is C17H22N2O4S. The van der Waals surface area contributed by atoms with Crippen LogP contribution in [0.4, 0.5) is 0 Å². The van der Waals surface area contributed by atoms with Gasteiger partial charge < -0.3 is 9.84 Å². The van der Waals surface area contributed by atoms with Crippen LogP contribution in [0.1, 0.15) is 31.7 Å². The molecule has 0 aromatic heterocycles. The smallest absolute Gasteiger partial charge is 0.244 e. The van der Waals surface area contributed by atoms with E-state index >= 15 is 0 Å². The second-order valence-electron chi connectivity index (χ2n) is 6.72. The average molecular weight is 350 g/mol. The lowest BCUT2D eigenvalue weighted by Gasteiger charge is -2.42. The molecule has 0 spiro atoms. The number of aliphatic hydroxyl groups is 1. The summed E-state index contributed by atoms with van der Waals surface area (Å²) in [4.78, 5) is 0.0378. The average Bonchev–Trinajstić information content (AvgIpc) is 3.04. The van der Waals surface area contributed by atoms with Crippen LogP contribution in [-0.2, 0) is 14.8 Å². The van der Waals surface area contributed by atoms with Crippen molar-refractivity contribution in [2.45, 2.75) is 42.7 Å². The highest BCUT2D eigenvalue weighted by molar-refractivity contribution is 7.89. The minimum absolute atomic E-state index is 0.0378. The van der Waals surface area contributed by atoms with Gasteiger partial charge in [0.2, 0.25) is 10.0 Å². The zero-order valence-corrected chi connectivity index (χ0v) is 14.5. The van der Waals surface area contributed by atoms with Gasteiger partial charge in [-0.25, -0.2) is 8.42 Å². The summed E-state index contributed by atoms with van der Waals surface area (Å²) in [5, 5.41) is 19.9. The van der Waals surface area contributed by atoms with Crippen molar-refractivity contribution < 1.29 is 18.3 Å². The Morgan fingerprint density at radius 1 is 1.42 bits per heavy atom. The molecule has 2 aliphatic rings. The number of nitrogens with zero attached hydrogens (tertiary/aromatic N) is 2. The van der Waals surface area contributed by atoms with Crippen LogP contribution in [0, 0.1) is 17.2 Å². The topological polar surface area (TPSA) is 90.6 Å². The molecule has 24 heavy (non-hydrogen) atoms. The number of benzene rings is 1. The zero-order chi connectivity index (χ0) is 17.4. The first-order chi connectivity index (χ1) is 11.4. The van der Waals surface area contributed by atoms with Crippen LogP contribution >= 0.6 is 0 Å². The molecule has 2 fully saturated rings. The quantitative estimate of drug-likeness (QED) is 0.892. The van der Waals surface area contributed by atoms with Crippen LogP contribution in [0.25, 0.3) is 0 Å². The fraction of sp³-hybridized carbons (Fsp3) is 0.588. The van der Waals surface area contributed by atoms with Gasteiger partial charge in [-0.15, -0.1) is 0 Å². The Morgan fingerprint density at radius 3 is 2.88 bits per heavy atom. The fourth-order valence-electron chi connectivity index (χ4n) is 3.76. The maximum atomic E-state index is 13.1. The Balaban J connectivity index is 1.97. The van der Waals surface area contributed by atoms with Crippen molar-refractivity contribution in [3.63, 3.8) is 0 Å². The molecule has 2 aliphatic heterocycles. The van der Waals surface area contributed by atoms with Gasteiger partial charge in [0.25, 0.3) is 0 Å². The minimum atomic E-state index is -3.79. The van der Waals surface area contributed by atoms with Crippen molar-refractivity contribution in [2.24, 2.45) is 5.92 Å². The molecule has 0 unspecified atom stereocenters. The van der Waals surface area contributed by atoms with E-state index < -0.39 is 15.6 Å². The van der Waals surface area contributed by atoms with Crippen LogP contribution in [0.3, 0.4) is 0 Å². The Labute approximate surface area is 142 Å². The summed E-state index contributed by atoms with van der Waals surface area (Å²) < 4.78 is 33.2. The molecule has 0 bridgehead atoms. The lowest BCUT2D eigenvalue weighted by Crippen LogP contribution is -2.53. The monoisotopic (exact) mass is 350 g/mol. The summed E-state index contributed by atoms with van der Waals surface area (Å²) in [5.74, 6) is -0.266. The largest absolute Gasteiger partial charge is 0.390 e. The van der Waals surface area contributed by atoms with Gasteiger partial charge in [0.1, 0.15) is 6.07 Å². The first-order valence-corrected chi connectivity index (χ1v) is 9.63. The Hall–Kier alpha value is -1.46. The van der Waals surface area contributed by atoms with Gasteiger partial charge in [0.15, 0.2) is 0 Å². The Morgan fingerprint density at radius 2 is 2.17 bits per heavy atom. The predicted octanol–water partition coefficient (Wildman–Crippen LogP) is 1.50. The Bertz CT molecular complexity index is 754. The van der Waals surface area contributed by atoms with Crippen molar-refractivity contribution in [3.05, 3.63) is 29.8 Å².